The molecule has 0 spiro atoms. The molecular formula is C19H24N6O2S. The second-order valence-corrected chi connectivity index (χ2v) is 9.74. The van der Waals surface area contributed by atoms with Crippen LogP contribution in [0.5, 0.6) is 0 Å². The van der Waals surface area contributed by atoms with Crippen LogP contribution in [-0.2, 0) is 10.0 Å². The van der Waals surface area contributed by atoms with Gasteiger partial charge in [0.15, 0.2) is 0 Å². The summed E-state index contributed by atoms with van der Waals surface area (Å²) in [6.45, 7) is 4.48. The summed E-state index contributed by atoms with van der Waals surface area (Å²) in [5.74, 6) is 0.550. The van der Waals surface area contributed by atoms with Crippen LogP contribution in [0.2, 0.25) is 0 Å². The maximum Gasteiger partial charge on any atom is 0.223 e. The van der Waals surface area contributed by atoms with Crippen molar-refractivity contribution in [2.75, 3.05) is 18.4 Å². The number of fused-ring (bicyclic) bond motifs is 1. The summed E-state index contributed by atoms with van der Waals surface area (Å²) >= 11 is 0. The molecule has 0 amide bonds. The number of nitrogens with zero attached hydrogens (tertiary/aromatic N) is 5. The fraction of sp³-hybridized carbons (Fsp3) is 0.421. The number of aromatic nitrogens is 4. The van der Waals surface area contributed by atoms with Crippen molar-refractivity contribution < 1.29 is 8.42 Å². The normalized spacial score (nSPS) is 16.7. The van der Waals surface area contributed by atoms with E-state index in [1.165, 1.54) is 0 Å². The van der Waals surface area contributed by atoms with Crippen LogP contribution in [0, 0.1) is 0 Å². The molecule has 8 nitrogen and oxygen atoms in total. The fourth-order valence-electron chi connectivity index (χ4n) is 3.43. The highest BCUT2D eigenvalue weighted by Crippen LogP contribution is 2.22. The van der Waals surface area contributed by atoms with E-state index in [1.54, 1.807) is 30.5 Å². The van der Waals surface area contributed by atoms with Gasteiger partial charge in [0.2, 0.25) is 16.0 Å². The molecule has 1 N–H and O–H groups in total. The van der Waals surface area contributed by atoms with Gasteiger partial charge in [-0.1, -0.05) is 6.07 Å². The van der Waals surface area contributed by atoms with E-state index in [2.05, 4.69) is 20.3 Å². The van der Waals surface area contributed by atoms with E-state index in [9.17, 15) is 8.42 Å². The predicted octanol–water partition coefficient (Wildman–Crippen LogP) is 2.41. The lowest BCUT2D eigenvalue weighted by atomic mass is 10.1. The topological polar surface area (TPSA) is 92.5 Å². The van der Waals surface area contributed by atoms with Crippen molar-refractivity contribution in [2.24, 2.45) is 0 Å². The lowest BCUT2D eigenvalue weighted by molar-refractivity contribution is 0.326. The Morgan fingerprint density at radius 3 is 2.68 bits per heavy atom. The Balaban J connectivity index is 1.47. The zero-order valence-electron chi connectivity index (χ0n) is 16.0. The summed E-state index contributed by atoms with van der Waals surface area (Å²) in [6.07, 6.45) is 6.95. The molecule has 0 aromatic carbocycles. The molecule has 1 aliphatic heterocycles. The number of imidazole rings is 1. The van der Waals surface area contributed by atoms with Crippen LogP contribution >= 0.6 is 0 Å². The van der Waals surface area contributed by atoms with Gasteiger partial charge in [0, 0.05) is 31.5 Å². The van der Waals surface area contributed by atoms with Gasteiger partial charge in [-0.3, -0.25) is 4.40 Å². The van der Waals surface area contributed by atoms with Crippen LogP contribution < -0.4 is 5.32 Å². The third kappa shape index (κ3) is 3.59. The number of anilines is 1. The largest absolute Gasteiger partial charge is 0.351 e. The third-order valence-electron chi connectivity index (χ3n) is 5.08. The molecule has 9 heteroatoms. The van der Waals surface area contributed by atoms with Crippen molar-refractivity contribution in [3.8, 4) is 11.4 Å². The number of rotatable bonds is 5. The predicted molar refractivity (Wildman–Crippen MR) is 108 cm³/mol. The summed E-state index contributed by atoms with van der Waals surface area (Å²) in [7, 11) is -3.19. The van der Waals surface area contributed by atoms with E-state index in [4.69, 9.17) is 0 Å². The number of hydrogen-bond donors (Lipinski definition) is 1. The third-order valence-corrected chi connectivity index (χ3v) is 7.35. The molecule has 0 unspecified atom stereocenters. The number of piperidine rings is 1. The summed E-state index contributed by atoms with van der Waals surface area (Å²) in [4.78, 5) is 13.4. The molecule has 4 heterocycles. The van der Waals surface area contributed by atoms with Gasteiger partial charge in [-0.05, 0) is 44.9 Å². The first-order valence-electron chi connectivity index (χ1n) is 9.46. The van der Waals surface area contributed by atoms with Gasteiger partial charge in [-0.2, -0.15) is 0 Å². The molecule has 28 heavy (non-hydrogen) atoms. The van der Waals surface area contributed by atoms with Crippen LogP contribution in [0.3, 0.4) is 0 Å². The first kappa shape index (κ1) is 18.8. The smallest absolute Gasteiger partial charge is 0.223 e. The monoisotopic (exact) mass is 400 g/mol. The average molecular weight is 401 g/mol. The molecule has 1 aliphatic rings. The highest BCUT2D eigenvalue weighted by molar-refractivity contribution is 7.89. The van der Waals surface area contributed by atoms with Gasteiger partial charge >= 0.3 is 0 Å². The summed E-state index contributed by atoms with van der Waals surface area (Å²) in [5.41, 5.74) is 2.55. The minimum atomic E-state index is -3.19. The van der Waals surface area contributed by atoms with Crippen LogP contribution in [0.1, 0.15) is 26.7 Å². The van der Waals surface area contributed by atoms with Crippen molar-refractivity contribution in [1.29, 1.82) is 0 Å². The zero-order valence-corrected chi connectivity index (χ0v) is 16.8. The lowest BCUT2D eigenvalue weighted by Crippen LogP contribution is -2.45. The Morgan fingerprint density at radius 2 is 1.93 bits per heavy atom. The highest BCUT2D eigenvalue weighted by atomic mass is 32.2. The van der Waals surface area contributed by atoms with Gasteiger partial charge in [-0.15, -0.1) is 0 Å². The second kappa shape index (κ2) is 7.48. The van der Waals surface area contributed by atoms with E-state index >= 15 is 0 Å². The number of sulfonamides is 1. The first-order valence-corrected chi connectivity index (χ1v) is 11.0. The summed E-state index contributed by atoms with van der Waals surface area (Å²) in [6, 6.07) is 7.86. The average Bonchev–Trinajstić information content (AvgIpc) is 3.13. The maximum absolute atomic E-state index is 12.3. The molecule has 0 bridgehead atoms. The number of hydrogen-bond acceptors (Lipinski definition) is 6. The first-order chi connectivity index (χ1) is 13.4. The Morgan fingerprint density at radius 1 is 1.14 bits per heavy atom. The van der Waals surface area contributed by atoms with Crippen molar-refractivity contribution in [3.63, 3.8) is 0 Å². The molecule has 4 rings (SSSR count). The molecule has 0 radical (unpaired) electrons. The van der Waals surface area contributed by atoms with Gasteiger partial charge in [0.1, 0.15) is 5.65 Å². The maximum atomic E-state index is 12.3. The highest BCUT2D eigenvalue weighted by Gasteiger charge is 2.30. The van der Waals surface area contributed by atoms with Crippen molar-refractivity contribution in [2.45, 2.75) is 38.0 Å². The molecule has 3 aromatic rings. The van der Waals surface area contributed by atoms with Crippen molar-refractivity contribution >= 4 is 21.6 Å². The van der Waals surface area contributed by atoms with Crippen LogP contribution in [0.25, 0.3) is 17.0 Å². The number of nitrogens with one attached hydrogen (secondary N) is 1. The standard InChI is InChI=1S/C19H24N6O2S/c1-14(2)28(26,27)24-11-7-15(8-12-24)22-19-20-9-6-16(23-19)17-13-21-18-5-3-4-10-25(17)18/h3-6,9-10,13-15H,7-8,11-12H2,1-2H3,(H,20,22,23). The second-order valence-electron chi connectivity index (χ2n) is 7.25. The van der Waals surface area contributed by atoms with Crippen molar-refractivity contribution in [1.82, 2.24) is 23.7 Å². The van der Waals surface area contributed by atoms with E-state index in [1.807, 2.05) is 34.9 Å². The molecule has 0 saturated carbocycles. The molecule has 3 aromatic heterocycles. The van der Waals surface area contributed by atoms with Gasteiger partial charge < -0.3 is 5.32 Å². The minimum absolute atomic E-state index is 0.149. The minimum Gasteiger partial charge on any atom is -0.351 e. The summed E-state index contributed by atoms with van der Waals surface area (Å²) in [5, 5.41) is 2.97. The molecular weight excluding hydrogens is 376 g/mol. The SMILES string of the molecule is CC(C)S(=O)(=O)N1CCC(Nc2nccc(-c3cnc4ccccn34)n2)CC1. The number of pyridine rings is 1. The van der Waals surface area contributed by atoms with Crippen molar-refractivity contribution in [3.05, 3.63) is 42.9 Å². The Labute approximate surface area is 164 Å². The lowest BCUT2D eigenvalue weighted by Gasteiger charge is -2.32. The Kier molecular flexibility index (Phi) is 5.03. The zero-order chi connectivity index (χ0) is 19.7. The van der Waals surface area contributed by atoms with E-state index in [0.717, 1.165) is 29.9 Å². The molecule has 1 saturated heterocycles. The van der Waals surface area contributed by atoms with E-state index in [0.29, 0.717) is 19.0 Å². The quantitative estimate of drug-likeness (QED) is 0.707. The molecule has 1 fully saturated rings. The molecule has 0 atom stereocenters. The van der Waals surface area contributed by atoms with Crippen LogP contribution in [-0.4, -0.2) is 56.5 Å². The summed E-state index contributed by atoms with van der Waals surface area (Å²) < 4.78 is 28.2. The van der Waals surface area contributed by atoms with Crippen LogP contribution in [0.15, 0.2) is 42.9 Å². The van der Waals surface area contributed by atoms with Gasteiger partial charge in [-0.25, -0.2) is 27.7 Å². The van der Waals surface area contributed by atoms with Crippen LogP contribution in [0.4, 0.5) is 5.95 Å². The van der Waals surface area contributed by atoms with E-state index < -0.39 is 10.0 Å². The van der Waals surface area contributed by atoms with E-state index in [-0.39, 0.29) is 11.3 Å². The Bertz CT molecular complexity index is 1070. The van der Waals surface area contributed by atoms with Gasteiger partial charge in [0.05, 0.1) is 22.8 Å². The van der Waals surface area contributed by atoms with Gasteiger partial charge in [0.25, 0.3) is 0 Å². The molecule has 148 valence electrons. The Hall–Kier alpha value is -2.52. The fourth-order valence-corrected chi connectivity index (χ4v) is 4.74. The molecule has 0 aliphatic carbocycles.